The van der Waals surface area contributed by atoms with Crippen molar-refractivity contribution in [2.45, 2.75) is 30.6 Å². The molecule has 1 atom stereocenters. The van der Waals surface area contributed by atoms with Crippen LogP contribution in [0.3, 0.4) is 0 Å². The number of nitriles is 1. The number of nitrogens with one attached hydrogen (secondary N) is 2. The van der Waals surface area contributed by atoms with Crippen LogP contribution >= 0.6 is 23.1 Å². The molecule has 0 spiro atoms. The van der Waals surface area contributed by atoms with Crippen molar-refractivity contribution in [3.8, 4) is 11.8 Å². The second kappa shape index (κ2) is 8.87. The first kappa shape index (κ1) is 20.0. The highest BCUT2D eigenvalue weighted by atomic mass is 32.2. The first-order valence-corrected chi connectivity index (χ1v) is 9.76. The minimum absolute atomic E-state index is 0.0154. The Labute approximate surface area is 161 Å². The van der Waals surface area contributed by atoms with Gasteiger partial charge in [0.2, 0.25) is 11.0 Å². The van der Waals surface area contributed by atoms with E-state index in [9.17, 15) is 10.1 Å². The van der Waals surface area contributed by atoms with Gasteiger partial charge in [-0.05, 0) is 25.0 Å². The average Bonchev–Trinajstić information content (AvgIpc) is 3.07. The van der Waals surface area contributed by atoms with Gasteiger partial charge in [-0.3, -0.25) is 4.79 Å². The van der Waals surface area contributed by atoms with Crippen molar-refractivity contribution in [2.75, 3.05) is 18.2 Å². The number of hydrogen-bond acceptors (Lipinski definition) is 8. The molecule has 0 unspecified atom stereocenters. The number of methoxy groups -OCH3 is 1. The molecule has 2 N–H and O–H groups in total. The average molecular weight is 392 g/mol. The fourth-order valence-electron chi connectivity index (χ4n) is 1.90. The highest BCUT2D eigenvalue weighted by Crippen LogP contribution is 2.28. The monoisotopic (exact) mass is 391 g/mol. The minimum atomic E-state index is -0.877. The molecule has 9 heteroatoms. The number of benzene rings is 1. The first-order valence-electron chi connectivity index (χ1n) is 7.96. The summed E-state index contributed by atoms with van der Waals surface area (Å²) in [6.07, 6.45) is 0. The number of nitrogens with zero attached hydrogens (tertiary/aromatic N) is 3. The maximum atomic E-state index is 12.1. The van der Waals surface area contributed by atoms with Gasteiger partial charge in [0.15, 0.2) is 4.34 Å². The largest absolute Gasteiger partial charge is 0.497 e. The number of anilines is 2. The fraction of sp³-hybridized carbons (Fsp3) is 0.412. The second-order valence-electron chi connectivity index (χ2n) is 6.04. The number of rotatable bonds is 8. The lowest BCUT2D eigenvalue weighted by atomic mass is 9.90. The third-order valence-electron chi connectivity index (χ3n) is 3.84. The highest BCUT2D eigenvalue weighted by Gasteiger charge is 2.29. The maximum absolute atomic E-state index is 12.1. The van der Waals surface area contributed by atoms with E-state index in [0.717, 1.165) is 11.4 Å². The van der Waals surface area contributed by atoms with Crippen molar-refractivity contribution < 1.29 is 9.53 Å². The summed E-state index contributed by atoms with van der Waals surface area (Å²) in [5, 5.41) is 24.0. The Kier molecular flexibility index (Phi) is 6.83. The summed E-state index contributed by atoms with van der Waals surface area (Å²) in [4.78, 5) is 12.1. The van der Waals surface area contributed by atoms with E-state index in [1.165, 1.54) is 23.1 Å². The topological polar surface area (TPSA) is 99.9 Å². The fourth-order valence-corrected chi connectivity index (χ4v) is 3.47. The molecule has 1 amide bonds. The second-order valence-corrected chi connectivity index (χ2v) is 8.24. The summed E-state index contributed by atoms with van der Waals surface area (Å²) >= 11 is 2.65. The molecule has 0 saturated heterocycles. The van der Waals surface area contributed by atoms with Crippen LogP contribution in [0.2, 0.25) is 0 Å². The molecule has 1 aromatic carbocycles. The number of ether oxygens (including phenoxy) is 1. The predicted octanol–water partition coefficient (Wildman–Crippen LogP) is 3.44. The molecule has 1 aromatic heterocycles. The van der Waals surface area contributed by atoms with Crippen molar-refractivity contribution in [3.05, 3.63) is 24.3 Å². The molecule has 2 aromatic rings. The van der Waals surface area contributed by atoms with Crippen molar-refractivity contribution >= 4 is 39.8 Å². The third-order valence-corrected chi connectivity index (χ3v) is 5.81. The standard InChI is InChI=1S/C17H21N5O2S2/c1-11(2)17(3,10-18)20-14(23)9-25-16-22-21-15(26-16)19-12-6-5-7-13(8-12)24-4/h5-8,11H,9H2,1-4H3,(H,19,21)(H,20,23)/t17-/m0/s1. The Bertz CT molecular complexity index is 802. The number of carbonyl (C=O) groups excluding carboxylic acids is 1. The number of amides is 1. The van der Waals surface area contributed by atoms with E-state index in [4.69, 9.17) is 4.74 Å². The van der Waals surface area contributed by atoms with Gasteiger partial charge in [-0.1, -0.05) is 43.0 Å². The first-order chi connectivity index (χ1) is 12.4. The molecule has 0 fully saturated rings. The summed E-state index contributed by atoms with van der Waals surface area (Å²) in [5.74, 6) is 0.737. The summed E-state index contributed by atoms with van der Waals surface area (Å²) in [5.41, 5.74) is -0.0331. The van der Waals surface area contributed by atoms with E-state index in [2.05, 4.69) is 26.9 Å². The number of aromatic nitrogens is 2. The molecule has 26 heavy (non-hydrogen) atoms. The van der Waals surface area contributed by atoms with Gasteiger partial charge < -0.3 is 15.4 Å². The summed E-state index contributed by atoms with van der Waals surface area (Å²) in [6.45, 7) is 5.52. The lowest BCUT2D eigenvalue weighted by Gasteiger charge is -2.27. The van der Waals surface area contributed by atoms with E-state index in [0.29, 0.717) is 9.47 Å². The summed E-state index contributed by atoms with van der Waals surface area (Å²) in [7, 11) is 1.61. The SMILES string of the molecule is COc1cccc(Nc2nnc(SCC(=O)N[C@@](C)(C#N)C(C)C)s2)c1. The lowest BCUT2D eigenvalue weighted by Crippen LogP contribution is -2.49. The molecule has 138 valence electrons. The highest BCUT2D eigenvalue weighted by molar-refractivity contribution is 8.01. The van der Waals surface area contributed by atoms with Crippen LogP contribution in [0.15, 0.2) is 28.6 Å². The van der Waals surface area contributed by atoms with Gasteiger partial charge in [0.1, 0.15) is 11.3 Å². The van der Waals surface area contributed by atoms with Crippen LogP contribution in [-0.2, 0) is 4.79 Å². The van der Waals surface area contributed by atoms with Gasteiger partial charge in [-0.15, -0.1) is 10.2 Å². The van der Waals surface area contributed by atoms with Crippen LogP contribution < -0.4 is 15.4 Å². The lowest BCUT2D eigenvalue weighted by molar-refractivity contribution is -0.120. The van der Waals surface area contributed by atoms with Gasteiger partial charge in [-0.25, -0.2) is 0 Å². The number of thioether (sulfide) groups is 1. The molecule has 0 bridgehead atoms. The van der Waals surface area contributed by atoms with Crippen molar-refractivity contribution in [1.82, 2.24) is 15.5 Å². The molecule has 2 rings (SSSR count). The van der Waals surface area contributed by atoms with Gasteiger partial charge in [-0.2, -0.15) is 5.26 Å². The van der Waals surface area contributed by atoms with Crippen LogP contribution in [0, 0.1) is 17.2 Å². The van der Waals surface area contributed by atoms with E-state index >= 15 is 0 Å². The van der Waals surface area contributed by atoms with Crippen molar-refractivity contribution in [3.63, 3.8) is 0 Å². The van der Waals surface area contributed by atoms with E-state index in [1.807, 2.05) is 38.1 Å². The Hall–Kier alpha value is -2.31. The molecular formula is C17H21N5O2S2. The van der Waals surface area contributed by atoms with Crippen LogP contribution in [-0.4, -0.2) is 34.5 Å². The maximum Gasteiger partial charge on any atom is 0.231 e. The molecule has 0 saturated carbocycles. The molecule has 0 aliphatic heterocycles. The zero-order valence-corrected chi connectivity index (χ0v) is 16.7. The molecule has 0 aliphatic carbocycles. The van der Waals surface area contributed by atoms with Gasteiger partial charge in [0, 0.05) is 11.8 Å². The third kappa shape index (κ3) is 5.34. The zero-order valence-electron chi connectivity index (χ0n) is 15.1. The van der Waals surface area contributed by atoms with Gasteiger partial charge >= 0.3 is 0 Å². The van der Waals surface area contributed by atoms with Gasteiger partial charge in [0.25, 0.3) is 0 Å². The van der Waals surface area contributed by atoms with Crippen molar-refractivity contribution in [2.24, 2.45) is 5.92 Å². The summed E-state index contributed by atoms with van der Waals surface area (Å²) < 4.78 is 5.86. The Morgan fingerprint density at radius 2 is 2.23 bits per heavy atom. The number of carbonyl (C=O) groups is 1. The predicted molar refractivity (Wildman–Crippen MR) is 104 cm³/mol. The number of hydrogen-bond donors (Lipinski definition) is 2. The minimum Gasteiger partial charge on any atom is -0.497 e. The smallest absolute Gasteiger partial charge is 0.231 e. The van der Waals surface area contributed by atoms with E-state index < -0.39 is 5.54 Å². The van der Waals surface area contributed by atoms with Gasteiger partial charge in [0.05, 0.1) is 18.9 Å². The molecule has 1 heterocycles. The van der Waals surface area contributed by atoms with Crippen LogP contribution in [0.1, 0.15) is 20.8 Å². The Morgan fingerprint density at radius 1 is 1.46 bits per heavy atom. The van der Waals surface area contributed by atoms with E-state index in [1.54, 1.807) is 14.0 Å². The quantitative estimate of drug-likeness (QED) is 0.665. The normalized spacial score (nSPS) is 12.9. The molecule has 7 nitrogen and oxygen atoms in total. The van der Waals surface area contributed by atoms with E-state index in [-0.39, 0.29) is 17.6 Å². The summed E-state index contributed by atoms with van der Waals surface area (Å²) in [6, 6.07) is 9.66. The Morgan fingerprint density at radius 3 is 2.88 bits per heavy atom. The molecule has 0 radical (unpaired) electrons. The molecular weight excluding hydrogens is 370 g/mol. The van der Waals surface area contributed by atoms with Crippen LogP contribution in [0.25, 0.3) is 0 Å². The Balaban J connectivity index is 1.90. The van der Waals surface area contributed by atoms with Crippen molar-refractivity contribution in [1.29, 1.82) is 5.26 Å². The van der Waals surface area contributed by atoms with Crippen LogP contribution in [0.5, 0.6) is 5.75 Å². The van der Waals surface area contributed by atoms with Crippen LogP contribution in [0.4, 0.5) is 10.8 Å². The zero-order chi connectivity index (χ0) is 19.2. The molecule has 0 aliphatic rings.